The Kier molecular flexibility index (Phi) is 12.7. The summed E-state index contributed by atoms with van der Waals surface area (Å²) in [5.74, 6) is -4.26. The van der Waals surface area contributed by atoms with E-state index in [9.17, 15) is 29.1 Å². The average molecular weight is 564 g/mol. The maximum absolute atomic E-state index is 13.3. The molecule has 39 heavy (non-hydrogen) atoms. The van der Waals surface area contributed by atoms with Crippen molar-refractivity contribution in [2.45, 2.75) is 62.7 Å². The molecule has 0 spiro atoms. The Labute approximate surface area is 231 Å². The molecular formula is C25H37N7O6S. The smallest absolute Gasteiger partial charge is 0.326 e. The number of hydrogen-bond acceptors (Lipinski definition) is 8. The van der Waals surface area contributed by atoms with E-state index in [1.807, 2.05) is 24.3 Å². The minimum atomic E-state index is -1.39. The maximum atomic E-state index is 13.3. The van der Waals surface area contributed by atoms with Gasteiger partial charge in [-0.05, 0) is 37.4 Å². The van der Waals surface area contributed by atoms with Crippen LogP contribution in [0.15, 0.2) is 30.5 Å². The minimum absolute atomic E-state index is 0.0916. The molecule has 0 radical (unpaired) electrons. The second-order valence-corrected chi connectivity index (χ2v) is 9.53. The first-order valence-corrected chi connectivity index (χ1v) is 13.2. The Morgan fingerprint density at radius 1 is 0.923 bits per heavy atom. The molecule has 4 atom stereocenters. The largest absolute Gasteiger partial charge is 0.480 e. The Hall–Kier alpha value is -3.62. The highest BCUT2D eigenvalue weighted by atomic mass is 32.1. The van der Waals surface area contributed by atoms with Crippen molar-refractivity contribution in [1.29, 1.82) is 0 Å². The number of hydrogen-bond donors (Lipinski definition) is 9. The first kappa shape index (κ1) is 31.6. The van der Waals surface area contributed by atoms with E-state index in [4.69, 9.17) is 17.2 Å². The molecule has 0 aliphatic rings. The number of aromatic amines is 1. The summed E-state index contributed by atoms with van der Waals surface area (Å²) in [4.78, 5) is 64.6. The van der Waals surface area contributed by atoms with E-state index < -0.39 is 53.8 Å². The molecule has 1 aromatic carbocycles. The molecule has 1 heterocycles. The van der Waals surface area contributed by atoms with Gasteiger partial charge in [-0.2, -0.15) is 12.6 Å². The van der Waals surface area contributed by atoms with Crippen LogP contribution in [0.1, 0.15) is 37.7 Å². The first-order valence-electron chi connectivity index (χ1n) is 12.6. The van der Waals surface area contributed by atoms with E-state index in [-0.39, 0.29) is 25.0 Å². The number of carboxylic acid groups (broad SMARTS) is 1. The summed E-state index contributed by atoms with van der Waals surface area (Å²) in [6.45, 7) is 0.471. The number of nitrogens with one attached hydrogen (secondary N) is 4. The third-order valence-corrected chi connectivity index (χ3v) is 6.51. The maximum Gasteiger partial charge on any atom is 0.326 e. The van der Waals surface area contributed by atoms with Crippen molar-refractivity contribution in [3.63, 3.8) is 0 Å². The zero-order valence-corrected chi connectivity index (χ0v) is 22.4. The number of H-pyrrole nitrogens is 1. The summed E-state index contributed by atoms with van der Waals surface area (Å²) in [5.41, 5.74) is 18.2. The van der Waals surface area contributed by atoms with E-state index in [2.05, 4.69) is 33.6 Å². The normalized spacial score (nSPS) is 14.1. The monoisotopic (exact) mass is 563 g/mol. The predicted octanol–water partition coefficient (Wildman–Crippen LogP) is -1.10. The summed E-state index contributed by atoms with van der Waals surface area (Å²) in [6, 6.07) is 2.88. The number of carbonyl (C=O) groups is 5. The standard InChI is InChI=1S/C25H37N7O6S/c26-10-4-3-6-16(27)22(34)31-19(11-14-12-29-17-7-2-1-5-15(14)17)23(35)32-20(13-39)24(36)30-18(25(37)38)8-9-21(28)33/h1-2,5,7,12,16,18-20,29,39H,3-4,6,8-11,13,26-27H2,(H2,28,33)(H,30,36)(H,31,34)(H,32,35)(H,37,38). The molecular weight excluding hydrogens is 526 g/mol. The zero-order valence-electron chi connectivity index (χ0n) is 21.5. The van der Waals surface area contributed by atoms with Crippen LogP contribution in [0, 0.1) is 0 Å². The van der Waals surface area contributed by atoms with Gasteiger partial charge in [0.1, 0.15) is 18.1 Å². The number of thiol groups is 1. The molecule has 2 rings (SSSR count). The molecule has 11 N–H and O–H groups in total. The number of para-hydroxylation sites is 1. The molecule has 0 saturated heterocycles. The van der Waals surface area contributed by atoms with Crippen LogP contribution in [-0.4, -0.2) is 76.2 Å². The quantitative estimate of drug-likeness (QED) is 0.0844. The number of rotatable bonds is 17. The Bertz CT molecular complexity index is 1160. The number of amides is 4. The van der Waals surface area contributed by atoms with Crippen LogP contribution in [0.25, 0.3) is 10.9 Å². The molecule has 4 amide bonds. The Morgan fingerprint density at radius 2 is 1.56 bits per heavy atom. The zero-order chi connectivity index (χ0) is 28.9. The van der Waals surface area contributed by atoms with Gasteiger partial charge in [0.2, 0.25) is 23.6 Å². The van der Waals surface area contributed by atoms with E-state index in [0.29, 0.717) is 25.8 Å². The van der Waals surface area contributed by atoms with Gasteiger partial charge in [-0.1, -0.05) is 24.6 Å². The van der Waals surface area contributed by atoms with Crippen molar-refractivity contribution in [2.24, 2.45) is 17.2 Å². The van der Waals surface area contributed by atoms with Crippen molar-refractivity contribution < 1.29 is 29.1 Å². The number of benzene rings is 1. The van der Waals surface area contributed by atoms with Gasteiger partial charge in [0, 0.05) is 35.7 Å². The van der Waals surface area contributed by atoms with Gasteiger partial charge in [-0.25, -0.2) is 4.79 Å². The number of aromatic nitrogens is 1. The van der Waals surface area contributed by atoms with Crippen LogP contribution in [0.4, 0.5) is 0 Å². The van der Waals surface area contributed by atoms with Gasteiger partial charge in [0.25, 0.3) is 0 Å². The fourth-order valence-corrected chi connectivity index (χ4v) is 4.19. The third kappa shape index (κ3) is 9.89. The molecule has 0 aliphatic carbocycles. The van der Waals surface area contributed by atoms with Crippen molar-refractivity contribution in [2.75, 3.05) is 12.3 Å². The number of nitrogens with two attached hydrogens (primary N) is 3. The van der Waals surface area contributed by atoms with Crippen molar-refractivity contribution >= 4 is 53.1 Å². The molecule has 0 saturated carbocycles. The SMILES string of the molecule is NCCCCC(N)C(=O)NC(Cc1c[nH]c2ccccc12)C(=O)NC(CS)C(=O)NC(CCC(N)=O)C(=O)O. The summed E-state index contributed by atoms with van der Waals surface area (Å²) < 4.78 is 0. The van der Waals surface area contributed by atoms with Gasteiger partial charge in [-0.3, -0.25) is 19.2 Å². The number of fused-ring (bicyclic) bond motifs is 1. The highest BCUT2D eigenvalue weighted by Crippen LogP contribution is 2.19. The molecule has 1 aromatic heterocycles. The van der Waals surface area contributed by atoms with Crippen LogP contribution < -0.4 is 33.2 Å². The topological polar surface area (TPSA) is 236 Å². The molecule has 13 nitrogen and oxygen atoms in total. The Balaban J connectivity index is 2.19. The van der Waals surface area contributed by atoms with E-state index in [1.165, 1.54) is 0 Å². The van der Waals surface area contributed by atoms with Crippen LogP contribution in [-0.2, 0) is 30.4 Å². The average Bonchev–Trinajstić information content (AvgIpc) is 3.31. The molecule has 0 aliphatic heterocycles. The third-order valence-electron chi connectivity index (χ3n) is 6.15. The van der Waals surface area contributed by atoms with Crippen molar-refractivity contribution in [3.8, 4) is 0 Å². The van der Waals surface area contributed by atoms with Crippen molar-refractivity contribution in [3.05, 3.63) is 36.0 Å². The van der Waals surface area contributed by atoms with E-state index >= 15 is 0 Å². The number of carbonyl (C=O) groups excluding carboxylic acids is 4. The summed E-state index contributed by atoms with van der Waals surface area (Å²) in [6.07, 6.45) is 3.09. The first-order chi connectivity index (χ1) is 18.6. The second kappa shape index (κ2) is 15.7. The Morgan fingerprint density at radius 3 is 2.21 bits per heavy atom. The fraction of sp³-hybridized carbons (Fsp3) is 0.480. The molecule has 4 unspecified atom stereocenters. The van der Waals surface area contributed by atoms with Crippen LogP contribution in [0.3, 0.4) is 0 Å². The fourth-order valence-electron chi connectivity index (χ4n) is 3.93. The lowest BCUT2D eigenvalue weighted by Crippen LogP contribution is -2.58. The lowest BCUT2D eigenvalue weighted by Gasteiger charge is -2.24. The van der Waals surface area contributed by atoms with Gasteiger partial charge in [-0.15, -0.1) is 0 Å². The van der Waals surface area contributed by atoms with Gasteiger partial charge in [0.05, 0.1) is 6.04 Å². The van der Waals surface area contributed by atoms with E-state index in [0.717, 1.165) is 16.5 Å². The molecule has 2 aromatic rings. The molecule has 214 valence electrons. The lowest BCUT2D eigenvalue weighted by molar-refractivity contribution is -0.142. The lowest BCUT2D eigenvalue weighted by atomic mass is 10.0. The van der Waals surface area contributed by atoms with E-state index in [1.54, 1.807) is 6.20 Å². The minimum Gasteiger partial charge on any atom is -0.480 e. The highest BCUT2D eigenvalue weighted by Gasteiger charge is 2.30. The second-order valence-electron chi connectivity index (χ2n) is 9.16. The molecule has 0 fully saturated rings. The van der Waals surface area contributed by atoms with Crippen molar-refractivity contribution in [1.82, 2.24) is 20.9 Å². The predicted molar refractivity (Wildman–Crippen MR) is 149 cm³/mol. The number of primary amides is 1. The molecule has 14 heteroatoms. The number of unbranched alkanes of at least 4 members (excludes halogenated alkanes) is 1. The number of carboxylic acids is 1. The highest BCUT2D eigenvalue weighted by molar-refractivity contribution is 7.80. The van der Waals surface area contributed by atoms with Gasteiger partial charge >= 0.3 is 5.97 Å². The summed E-state index contributed by atoms with van der Waals surface area (Å²) in [7, 11) is 0. The van der Waals surface area contributed by atoms with Crippen LogP contribution >= 0.6 is 12.6 Å². The van der Waals surface area contributed by atoms with Gasteiger partial charge < -0.3 is 43.2 Å². The summed E-state index contributed by atoms with van der Waals surface area (Å²) >= 11 is 4.13. The number of aliphatic carboxylic acids is 1. The van der Waals surface area contributed by atoms with Crippen LogP contribution in [0.5, 0.6) is 0 Å². The molecule has 0 bridgehead atoms. The van der Waals surface area contributed by atoms with Gasteiger partial charge in [0.15, 0.2) is 0 Å². The van der Waals surface area contributed by atoms with Crippen LogP contribution in [0.2, 0.25) is 0 Å². The summed E-state index contributed by atoms with van der Waals surface area (Å²) in [5, 5.41) is 17.8.